The van der Waals surface area contributed by atoms with Crippen LogP contribution >= 0.6 is 0 Å². The first-order valence-corrected chi connectivity index (χ1v) is 12.0. The van der Waals surface area contributed by atoms with Gasteiger partial charge in [0.1, 0.15) is 0 Å². The number of fused-ring (bicyclic) bond motifs is 2. The van der Waals surface area contributed by atoms with Crippen LogP contribution < -0.4 is 10.0 Å². The molecule has 0 saturated carbocycles. The van der Waals surface area contributed by atoms with Crippen LogP contribution in [0, 0.1) is 0 Å². The first-order valence-electron chi connectivity index (χ1n) is 10.5. The van der Waals surface area contributed by atoms with Crippen LogP contribution in [0.1, 0.15) is 41.5 Å². The molecule has 0 spiro atoms. The average molecular weight is 432 g/mol. The van der Waals surface area contributed by atoms with E-state index in [-0.39, 0.29) is 5.03 Å². The van der Waals surface area contributed by atoms with Crippen molar-refractivity contribution in [1.29, 1.82) is 0 Å². The van der Waals surface area contributed by atoms with Gasteiger partial charge in [0.05, 0.1) is 0 Å². The van der Waals surface area contributed by atoms with Crippen molar-refractivity contribution >= 4 is 21.7 Å². The van der Waals surface area contributed by atoms with Gasteiger partial charge in [-0.25, -0.2) is 9.52 Å². The predicted molar refractivity (Wildman–Crippen MR) is 115 cm³/mol. The number of hydrogen-bond acceptors (Lipinski definition) is 5. The lowest BCUT2D eigenvalue weighted by Crippen LogP contribution is -2.35. The molecule has 162 valence electrons. The van der Waals surface area contributed by atoms with E-state index in [0.717, 1.165) is 68.3 Å². The summed E-state index contributed by atoms with van der Waals surface area (Å²) in [5.41, 5.74) is 5.71. The van der Waals surface area contributed by atoms with E-state index in [2.05, 4.69) is 26.1 Å². The van der Waals surface area contributed by atoms with Gasteiger partial charge in [0.15, 0.2) is 5.03 Å². The van der Waals surface area contributed by atoms with Gasteiger partial charge in [-0.15, -0.1) is 0 Å². The van der Waals surface area contributed by atoms with Crippen molar-refractivity contribution in [2.24, 2.45) is 0 Å². The third-order valence-corrected chi connectivity index (χ3v) is 7.05. The summed E-state index contributed by atoms with van der Waals surface area (Å²) < 4.78 is 29.0. The van der Waals surface area contributed by atoms with Gasteiger partial charge in [0.2, 0.25) is 0 Å². The summed E-state index contributed by atoms with van der Waals surface area (Å²) >= 11 is 0. The van der Waals surface area contributed by atoms with Crippen LogP contribution in [0.5, 0.6) is 0 Å². The van der Waals surface area contributed by atoms with Crippen LogP contribution in [0.25, 0.3) is 0 Å². The summed E-state index contributed by atoms with van der Waals surface area (Å²) in [4.78, 5) is 14.7. The number of benzene rings is 1. The summed E-state index contributed by atoms with van der Waals surface area (Å²) in [5, 5.41) is 6.83. The molecule has 0 aliphatic heterocycles. The molecule has 2 amide bonds. The number of amides is 2. The molecule has 30 heavy (non-hydrogen) atoms. The van der Waals surface area contributed by atoms with Gasteiger partial charge in [0, 0.05) is 18.4 Å². The summed E-state index contributed by atoms with van der Waals surface area (Å²) in [6.07, 6.45) is 8.48. The molecule has 0 saturated heterocycles. The van der Waals surface area contributed by atoms with Gasteiger partial charge < -0.3 is 10.2 Å². The highest BCUT2D eigenvalue weighted by atomic mass is 32.2. The lowest BCUT2D eigenvalue weighted by Gasteiger charge is -2.16. The Morgan fingerprint density at radius 2 is 1.80 bits per heavy atom. The Balaban J connectivity index is 1.45. The number of carbonyl (C=O) groups is 1. The van der Waals surface area contributed by atoms with E-state index >= 15 is 0 Å². The lowest BCUT2D eigenvalue weighted by molar-refractivity contribution is 0.256. The molecule has 2 N–H and O–H groups in total. The van der Waals surface area contributed by atoms with Crippen LogP contribution in [0.2, 0.25) is 0 Å². The maximum atomic E-state index is 12.6. The van der Waals surface area contributed by atoms with E-state index in [1.165, 1.54) is 17.2 Å². The summed E-state index contributed by atoms with van der Waals surface area (Å²) in [5.74, 6) is 0. The molecule has 1 aromatic heterocycles. The van der Waals surface area contributed by atoms with E-state index in [1.807, 2.05) is 14.1 Å². The number of nitrogens with one attached hydrogen (secondary N) is 2. The molecule has 9 heteroatoms. The van der Waals surface area contributed by atoms with Gasteiger partial charge in [0.25, 0.3) is 10.0 Å². The van der Waals surface area contributed by atoms with E-state index in [0.29, 0.717) is 6.54 Å². The Morgan fingerprint density at radius 3 is 2.43 bits per heavy atom. The van der Waals surface area contributed by atoms with E-state index in [4.69, 9.17) is 0 Å². The van der Waals surface area contributed by atoms with Gasteiger partial charge >= 0.3 is 6.03 Å². The fraction of sp³-hybridized carbons (Fsp3) is 0.524. The fourth-order valence-electron chi connectivity index (χ4n) is 4.44. The highest BCUT2D eigenvalue weighted by Crippen LogP contribution is 2.38. The second kappa shape index (κ2) is 8.39. The smallest absolute Gasteiger partial charge is 0.309 e. The zero-order valence-corrected chi connectivity index (χ0v) is 18.4. The van der Waals surface area contributed by atoms with Crippen molar-refractivity contribution < 1.29 is 13.2 Å². The van der Waals surface area contributed by atoms with Crippen molar-refractivity contribution in [2.75, 3.05) is 26.0 Å². The molecule has 0 fully saturated rings. The number of urea groups is 1. The van der Waals surface area contributed by atoms with Crippen molar-refractivity contribution in [3.8, 4) is 0 Å². The standard InChI is InChI=1S/C21H29N5O3S/c1-25(2)11-5-12-26-13-10-19(23-26)30(28,29)24-21(27)22-20-17-8-3-6-15(17)14-16-7-4-9-18(16)20/h10,13-14H,3-9,11-12H2,1-2H3,(H2,22,24,27). The molecular weight excluding hydrogens is 402 g/mol. The SMILES string of the molecule is CN(C)CCCn1ccc(S(=O)(=O)NC(=O)Nc2c3c(cc4c2CCC4)CCC3)n1. The largest absolute Gasteiger partial charge is 0.333 e. The van der Waals surface area contributed by atoms with Crippen LogP contribution in [-0.4, -0.2) is 49.8 Å². The van der Waals surface area contributed by atoms with Crippen LogP contribution in [0.4, 0.5) is 10.5 Å². The Kier molecular flexibility index (Phi) is 5.84. The lowest BCUT2D eigenvalue weighted by atomic mass is 9.99. The Morgan fingerprint density at radius 1 is 1.13 bits per heavy atom. The quantitative estimate of drug-likeness (QED) is 0.701. The maximum absolute atomic E-state index is 12.6. The molecule has 0 atom stereocenters. The minimum Gasteiger partial charge on any atom is -0.309 e. The molecule has 2 aliphatic rings. The number of nitrogens with zero attached hydrogens (tertiary/aromatic N) is 3. The second-order valence-electron chi connectivity index (χ2n) is 8.37. The minimum atomic E-state index is -4.03. The fourth-order valence-corrected chi connectivity index (χ4v) is 5.29. The monoisotopic (exact) mass is 431 g/mol. The molecule has 0 radical (unpaired) electrons. The minimum absolute atomic E-state index is 0.147. The molecular formula is C21H29N5O3S. The van der Waals surface area contributed by atoms with Crippen LogP contribution in [-0.2, 0) is 42.3 Å². The van der Waals surface area contributed by atoms with Crippen molar-refractivity contribution in [3.63, 3.8) is 0 Å². The Hall–Kier alpha value is -2.39. The number of sulfonamides is 1. The van der Waals surface area contributed by atoms with E-state index in [9.17, 15) is 13.2 Å². The van der Waals surface area contributed by atoms with Gasteiger partial charge in [-0.05, 0) is 93.9 Å². The molecule has 1 aromatic carbocycles. The predicted octanol–water partition coefficient (Wildman–Crippen LogP) is 2.32. The van der Waals surface area contributed by atoms with Crippen LogP contribution in [0.3, 0.4) is 0 Å². The van der Waals surface area contributed by atoms with Gasteiger partial charge in [-0.3, -0.25) is 4.68 Å². The van der Waals surface area contributed by atoms with Gasteiger partial charge in [-0.1, -0.05) is 6.07 Å². The topological polar surface area (TPSA) is 96.3 Å². The molecule has 4 rings (SSSR count). The first-order chi connectivity index (χ1) is 14.3. The summed E-state index contributed by atoms with van der Waals surface area (Å²) in [6.45, 7) is 1.50. The molecule has 0 unspecified atom stereocenters. The molecule has 2 aromatic rings. The zero-order chi connectivity index (χ0) is 21.3. The van der Waals surface area contributed by atoms with Gasteiger partial charge in [-0.2, -0.15) is 13.5 Å². The Labute approximate surface area is 177 Å². The zero-order valence-electron chi connectivity index (χ0n) is 17.6. The van der Waals surface area contributed by atoms with E-state index in [1.54, 1.807) is 10.9 Å². The van der Waals surface area contributed by atoms with Crippen molar-refractivity contribution in [1.82, 2.24) is 19.4 Å². The normalized spacial score (nSPS) is 15.3. The number of rotatable bonds is 7. The summed E-state index contributed by atoms with van der Waals surface area (Å²) in [6, 6.07) is 2.96. The molecule has 1 heterocycles. The maximum Gasteiger partial charge on any atom is 0.333 e. The number of anilines is 1. The first kappa shape index (κ1) is 20.9. The van der Waals surface area contributed by atoms with Crippen molar-refractivity contribution in [3.05, 3.63) is 40.6 Å². The van der Waals surface area contributed by atoms with Crippen molar-refractivity contribution in [2.45, 2.75) is 56.5 Å². The third-order valence-electron chi connectivity index (χ3n) is 5.82. The molecule has 0 bridgehead atoms. The second-order valence-corrected chi connectivity index (χ2v) is 10.00. The molecule has 2 aliphatic carbocycles. The third kappa shape index (κ3) is 4.37. The number of carbonyl (C=O) groups excluding carboxylic acids is 1. The highest BCUT2D eigenvalue weighted by Gasteiger charge is 2.27. The van der Waals surface area contributed by atoms with Crippen LogP contribution in [0.15, 0.2) is 23.4 Å². The highest BCUT2D eigenvalue weighted by molar-refractivity contribution is 7.90. The Bertz CT molecular complexity index is 1030. The average Bonchev–Trinajstić information content (AvgIpc) is 3.41. The number of aromatic nitrogens is 2. The summed E-state index contributed by atoms with van der Waals surface area (Å²) in [7, 11) is -0.0624. The number of hydrogen-bond donors (Lipinski definition) is 2. The van der Waals surface area contributed by atoms with E-state index < -0.39 is 16.1 Å². The number of aryl methyl sites for hydroxylation is 3. The molecule has 8 nitrogen and oxygen atoms in total.